The van der Waals surface area contributed by atoms with Crippen molar-refractivity contribution in [3.63, 3.8) is 0 Å². The van der Waals surface area contributed by atoms with Gasteiger partial charge in [0.2, 0.25) is 0 Å². The van der Waals surface area contributed by atoms with Gasteiger partial charge in [0.05, 0.1) is 12.7 Å². The van der Waals surface area contributed by atoms with Gasteiger partial charge >= 0.3 is 5.97 Å². The van der Waals surface area contributed by atoms with Gasteiger partial charge in [-0.25, -0.2) is 4.79 Å². The summed E-state index contributed by atoms with van der Waals surface area (Å²) >= 11 is 0. The summed E-state index contributed by atoms with van der Waals surface area (Å²) in [7, 11) is 1.42. The van der Waals surface area contributed by atoms with Gasteiger partial charge in [0.1, 0.15) is 0 Å². The van der Waals surface area contributed by atoms with E-state index in [4.69, 9.17) is 9.84 Å². The van der Waals surface area contributed by atoms with Gasteiger partial charge in [-0.15, -0.1) is 0 Å². The summed E-state index contributed by atoms with van der Waals surface area (Å²) in [5.41, 5.74) is 0.825. The molecule has 5 nitrogen and oxygen atoms in total. The average Bonchev–Trinajstić information content (AvgIpc) is 2.39. The molecule has 1 fully saturated rings. The summed E-state index contributed by atoms with van der Waals surface area (Å²) in [4.78, 5) is 11.1. The van der Waals surface area contributed by atoms with Crippen molar-refractivity contribution in [1.82, 2.24) is 5.32 Å². The SMILES string of the molecule is COc1cc(C(=O)O)cc(C2CCNCC2)c1O. The quantitative estimate of drug-likeness (QED) is 0.760. The van der Waals surface area contributed by atoms with Gasteiger partial charge in [-0.3, -0.25) is 0 Å². The Kier molecular flexibility index (Phi) is 3.72. The van der Waals surface area contributed by atoms with E-state index in [1.165, 1.54) is 13.2 Å². The molecule has 0 amide bonds. The molecule has 18 heavy (non-hydrogen) atoms. The number of hydrogen-bond donors (Lipinski definition) is 3. The van der Waals surface area contributed by atoms with Crippen LogP contribution >= 0.6 is 0 Å². The van der Waals surface area contributed by atoms with Gasteiger partial charge in [-0.05, 0) is 44.0 Å². The molecular formula is C13H17NO4. The van der Waals surface area contributed by atoms with Crippen LogP contribution in [-0.2, 0) is 0 Å². The number of piperidine rings is 1. The van der Waals surface area contributed by atoms with Crippen molar-refractivity contribution in [1.29, 1.82) is 0 Å². The summed E-state index contributed by atoms with van der Waals surface area (Å²) in [5.74, 6) is -0.541. The predicted molar refractivity (Wildman–Crippen MR) is 66.5 cm³/mol. The third kappa shape index (κ3) is 2.41. The number of nitrogens with one attached hydrogen (secondary N) is 1. The Hall–Kier alpha value is -1.75. The number of phenolic OH excluding ortho intramolecular Hbond substituents is 1. The number of carboxylic acid groups (broad SMARTS) is 1. The van der Waals surface area contributed by atoms with Crippen LogP contribution in [0.2, 0.25) is 0 Å². The molecule has 1 aromatic rings. The van der Waals surface area contributed by atoms with Crippen LogP contribution in [-0.4, -0.2) is 36.4 Å². The Balaban J connectivity index is 2.43. The van der Waals surface area contributed by atoms with Crippen LogP contribution in [0.15, 0.2) is 12.1 Å². The van der Waals surface area contributed by atoms with E-state index >= 15 is 0 Å². The molecule has 1 aliphatic heterocycles. The number of benzene rings is 1. The van der Waals surface area contributed by atoms with Crippen molar-refractivity contribution in [2.75, 3.05) is 20.2 Å². The van der Waals surface area contributed by atoms with E-state index in [9.17, 15) is 9.90 Å². The minimum Gasteiger partial charge on any atom is -0.504 e. The molecule has 0 saturated carbocycles. The minimum atomic E-state index is -1.01. The molecule has 2 rings (SSSR count). The lowest BCUT2D eigenvalue weighted by atomic mass is 9.88. The fraction of sp³-hybridized carbons (Fsp3) is 0.462. The molecule has 1 aliphatic rings. The lowest BCUT2D eigenvalue weighted by Gasteiger charge is -2.24. The highest BCUT2D eigenvalue weighted by Crippen LogP contribution is 2.39. The molecule has 1 aromatic carbocycles. The molecule has 0 atom stereocenters. The summed E-state index contributed by atoms with van der Waals surface area (Å²) in [6.07, 6.45) is 1.78. The molecule has 0 spiro atoms. The van der Waals surface area contributed by atoms with Gasteiger partial charge < -0.3 is 20.3 Å². The number of aromatic hydroxyl groups is 1. The second-order valence-electron chi connectivity index (χ2n) is 4.45. The van der Waals surface area contributed by atoms with E-state index in [0.717, 1.165) is 25.9 Å². The lowest BCUT2D eigenvalue weighted by Crippen LogP contribution is -2.26. The van der Waals surface area contributed by atoms with Crippen LogP contribution in [0.3, 0.4) is 0 Å². The number of rotatable bonds is 3. The average molecular weight is 251 g/mol. The van der Waals surface area contributed by atoms with Crippen LogP contribution in [0.25, 0.3) is 0 Å². The van der Waals surface area contributed by atoms with Crippen molar-refractivity contribution in [3.8, 4) is 11.5 Å². The first-order valence-electron chi connectivity index (χ1n) is 5.98. The van der Waals surface area contributed by atoms with Gasteiger partial charge in [0.15, 0.2) is 11.5 Å². The second-order valence-corrected chi connectivity index (χ2v) is 4.45. The van der Waals surface area contributed by atoms with Crippen LogP contribution in [0.5, 0.6) is 11.5 Å². The Morgan fingerprint density at radius 3 is 2.61 bits per heavy atom. The number of methoxy groups -OCH3 is 1. The number of ether oxygens (including phenoxy) is 1. The van der Waals surface area contributed by atoms with Gasteiger partial charge in [0, 0.05) is 5.56 Å². The van der Waals surface area contributed by atoms with Gasteiger partial charge in [0.25, 0.3) is 0 Å². The first kappa shape index (κ1) is 12.7. The van der Waals surface area contributed by atoms with Gasteiger partial charge in [-0.2, -0.15) is 0 Å². The van der Waals surface area contributed by atoms with Crippen LogP contribution < -0.4 is 10.1 Å². The van der Waals surface area contributed by atoms with Crippen LogP contribution in [0, 0.1) is 0 Å². The first-order valence-corrected chi connectivity index (χ1v) is 5.98. The molecule has 1 heterocycles. The van der Waals surface area contributed by atoms with Crippen molar-refractivity contribution in [3.05, 3.63) is 23.3 Å². The monoisotopic (exact) mass is 251 g/mol. The Bertz CT molecular complexity index is 453. The van der Waals surface area contributed by atoms with E-state index in [-0.39, 0.29) is 23.0 Å². The molecule has 5 heteroatoms. The smallest absolute Gasteiger partial charge is 0.335 e. The Morgan fingerprint density at radius 1 is 1.39 bits per heavy atom. The molecule has 0 aromatic heterocycles. The molecule has 1 saturated heterocycles. The fourth-order valence-electron chi connectivity index (χ4n) is 2.35. The van der Waals surface area contributed by atoms with E-state index in [1.807, 2.05) is 0 Å². The third-order valence-electron chi connectivity index (χ3n) is 3.35. The topological polar surface area (TPSA) is 78.8 Å². The number of carboxylic acids is 1. The number of carbonyl (C=O) groups is 1. The highest BCUT2D eigenvalue weighted by molar-refractivity contribution is 5.89. The van der Waals surface area contributed by atoms with Gasteiger partial charge in [-0.1, -0.05) is 0 Å². The molecular weight excluding hydrogens is 234 g/mol. The number of phenols is 1. The summed E-state index contributed by atoms with van der Waals surface area (Å²) in [5, 5.41) is 22.4. The molecule has 0 bridgehead atoms. The molecule has 0 unspecified atom stereocenters. The zero-order valence-corrected chi connectivity index (χ0v) is 10.3. The molecule has 3 N–H and O–H groups in total. The van der Waals surface area contributed by atoms with Crippen LogP contribution in [0.4, 0.5) is 0 Å². The highest BCUT2D eigenvalue weighted by atomic mass is 16.5. The fourth-order valence-corrected chi connectivity index (χ4v) is 2.35. The maximum absolute atomic E-state index is 11.1. The standard InChI is InChI=1S/C13H17NO4/c1-18-11-7-9(13(16)17)6-10(12(11)15)8-2-4-14-5-3-8/h6-8,14-15H,2-5H2,1H3,(H,16,17). The van der Waals surface area contributed by atoms with E-state index in [2.05, 4.69) is 5.32 Å². The third-order valence-corrected chi connectivity index (χ3v) is 3.35. The second kappa shape index (κ2) is 5.27. The summed E-state index contributed by atoms with van der Waals surface area (Å²) in [6.45, 7) is 1.76. The normalized spacial score (nSPS) is 16.5. The van der Waals surface area contributed by atoms with Crippen LogP contribution in [0.1, 0.15) is 34.7 Å². The number of aromatic carboxylic acids is 1. The van der Waals surface area contributed by atoms with E-state index < -0.39 is 5.97 Å². The Morgan fingerprint density at radius 2 is 2.06 bits per heavy atom. The number of hydrogen-bond acceptors (Lipinski definition) is 4. The maximum atomic E-state index is 11.1. The minimum absolute atomic E-state index is 0.0643. The zero-order valence-electron chi connectivity index (χ0n) is 10.3. The lowest BCUT2D eigenvalue weighted by molar-refractivity contribution is 0.0696. The van der Waals surface area contributed by atoms with Crippen molar-refractivity contribution in [2.24, 2.45) is 0 Å². The molecule has 0 aliphatic carbocycles. The summed E-state index contributed by atoms with van der Waals surface area (Å²) < 4.78 is 5.04. The van der Waals surface area contributed by atoms with E-state index in [1.54, 1.807) is 6.07 Å². The maximum Gasteiger partial charge on any atom is 0.335 e. The van der Waals surface area contributed by atoms with E-state index in [0.29, 0.717) is 5.56 Å². The zero-order chi connectivity index (χ0) is 13.1. The predicted octanol–water partition coefficient (Wildman–Crippen LogP) is 1.57. The first-order chi connectivity index (χ1) is 8.63. The summed E-state index contributed by atoms with van der Waals surface area (Å²) in [6, 6.07) is 2.90. The molecule has 98 valence electrons. The largest absolute Gasteiger partial charge is 0.504 e. The highest BCUT2D eigenvalue weighted by Gasteiger charge is 2.22. The van der Waals surface area contributed by atoms with Crippen molar-refractivity contribution in [2.45, 2.75) is 18.8 Å². The van der Waals surface area contributed by atoms with Crippen molar-refractivity contribution >= 4 is 5.97 Å². The molecule has 0 radical (unpaired) electrons. The Labute approximate surface area is 105 Å². The van der Waals surface area contributed by atoms with Crippen molar-refractivity contribution < 1.29 is 19.7 Å².